The van der Waals surface area contributed by atoms with Crippen molar-refractivity contribution < 1.29 is 9.90 Å². The Kier molecular flexibility index (Phi) is 4.90. The van der Waals surface area contributed by atoms with Crippen molar-refractivity contribution in [3.05, 3.63) is 35.9 Å². The number of aliphatic carboxylic acids is 1. The minimum absolute atomic E-state index is 0.224. The Hall–Kier alpha value is -1.62. The summed E-state index contributed by atoms with van der Waals surface area (Å²) in [6.07, 6.45) is 0. The fourth-order valence-electron chi connectivity index (χ4n) is 1.44. The van der Waals surface area contributed by atoms with Gasteiger partial charge >= 0.3 is 5.97 Å². The normalized spacial score (nSPS) is 11.8. The van der Waals surface area contributed by atoms with Gasteiger partial charge in [0.25, 0.3) is 0 Å². The van der Waals surface area contributed by atoms with E-state index in [1.807, 2.05) is 30.3 Å². The van der Waals surface area contributed by atoms with Crippen molar-refractivity contribution in [3.8, 4) is 0 Å². The average molecular weight is 252 g/mol. The summed E-state index contributed by atoms with van der Waals surface area (Å²) < 4.78 is 0. The van der Waals surface area contributed by atoms with E-state index in [0.29, 0.717) is 13.1 Å². The lowest BCUT2D eigenvalue weighted by atomic mass is 10.1. The van der Waals surface area contributed by atoms with Crippen molar-refractivity contribution >= 4 is 23.3 Å². The SMILES string of the molecule is CC(CN(Cc1ccccc1)C(N)=S)C(=O)O. The lowest BCUT2D eigenvalue weighted by Crippen LogP contribution is -2.39. The van der Waals surface area contributed by atoms with Crippen LogP contribution in [0.25, 0.3) is 0 Å². The maximum absolute atomic E-state index is 10.8. The van der Waals surface area contributed by atoms with Gasteiger partial charge in [-0.05, 0) is 17.8 Å². The molecule has 3 N–H and O–H groups in total. The van der Waals surface area contributed by atoms with E-state index in [0.717, 1.165) is 5.56 Å². The van der Waals surface area contributed by atoms with E-state index in [-0.39, 0.29) is 5.11 Å². The molecule has 92 valence electrons. The monoisotopic (exact) mass is 252 g/mol. The Morgan fingerprint density at radius 3 is 2.53 bits per heavy atom. The first kappa shape index (κ1) is 13.4. The summed E-state index contributed by atoms with van der Waals surface area (Å²) in [6, 6.07) is 9.68. The quantitative estimate of drug-likeness (QED) is 0.776. The fourth-order valence-corrected chi connectivity index (χ4v) is 1.58. The number of carboxylic acid groups (broad SMARTS) is 1. The third kappa shape index (κ3) is 4.40. The van der Waals surface area contributed by atoms with Gasteiger partial charge in [-0.1, -0.05) is 37.3 Å². The number of hydrogen-bond donors (Lipinski definition) is 2. The van der Waals surface area contributed by atoms with Gasteiger partial charge in [0.2, 0.25) is 0 Å². The minimum Gasteiger partial charge on any atom is -0.481 e. The van der Waals surface area contributed by atoms with Gasteiger partial charge in [0, 0.05) is 13.1 Å². The fraction of sp³-hybridized carbons (Fsp3) is 0.333. The van der Waals surface area contributed by atoms with E-state index < -0.39 is 11.9 Å². The molecule has 0 radical (unpaired) electrons. The molecule has 0 fully saturated rings. The maximum Gasteiger partial charge on any atom is 0.308 e. The summed E-state index contributed by atoms with van der Waals surface area (Å²) in [5.41, 5.74) is 6.65. The zero-order valence-corrected chi connectivity index (χ0v) is 10.5. The van der Waals surface area contributed by atoms with Crippen LogP contribution >= 0.6 is 12.2 Å². The zero-order valence-electron chi connectivity index (χ0n) is 9.67. The first-order chi connectivity index (χ1) is 8.00. The molecule has 5 heteroatoms. The summed E-state index contributed by atoms with van der Waals surface area (Å²) in [5, 5.41) is 9.09. The molecule has 1 aromatic carbocycles. The van der Waals surface area contributed by atoms with E-state index in [9.17, 15) is 4.79 Å². The largest absolute Gasteiger partial charge is 0.481 e. The number of benzene rings is 1. The van der Waals surface area contributed by atoms with Crippen LogP contribution in [0, 0.1) is 5.92 Å². The molecular weight excluding hydrogens is 236 g/mol. The molecule has 1 unspecified atom stereocenters. The highest BCUT2D eigenvalue weighted by Crippen LogP contribution is 2.07. The van der Waals surface area contributed by atoms with Gasteiger partial charge < -0.3 is 15.7 Å². The highest BCUT2D eigenvalue weighted by Gasteiger charge is 2.17. The van der Waals surface area contributed by atoms with Gasteiger partial charge in [0.05, 0.1) is 5.92 Å². The third-order valence-electron chi connectivity index (χ3n) is 2.44. The summed E-state index contributed by atoms with van der Waals surface area (Å²) in [6.45, 7) is 2.49. The van der Waals surface area contributed by atoms with Crippen LogP contribution in [0.15, 0.2) is 30.3 Å². The zero-order chi connectivity index (χ0) is 12.8. The molecule has 0 aliphatic rings. The Bertz CT molecular complexity index is 395. The Morgan fingerprint density at radius 2 is 2.06 bits per heavy atom. The van der Waals surface area contributed by atoms with Gasteiger partial charge in [0.1, 0.15) is 0 Å². The molecule has 1 atom stereocenters. The lowest BCUT2D eigenvalue weighted by molar-refractivity contribution is -0.141. The van der Waals surface area contributed by atoms with Crippen LogP contribution < -0.4 is 5.73 Å². The molecule has 0 aliphatic carbocycles. The van der Waals surface area contributed by atoms with E-state index in [1.54, 1.807) is 11.8 Å². The number of hydrogen-bond acceptors (Lipinski definition) is 2. The van der Waals surface area contributed by atoms with Gasteiger partial charge in [-0.3, -0.25) is 4.79 Å². The minimum atomic E-state index is -0.848. The number of carbonyl (C=O) groups is 1. The van der Waals surface area contributed by atoms with Crippen molar-refractivity contribution in [2.24, 2.45) is 11.7 Å². The highest BCUT2D eigenvalue weighted by atomic mass is 32.1. The van der Waals surface area contributed by atoms with Crippen molar-refractivity contribution in [2.45, 2.75) is 13.5 Å². The molecule has 0 aliphatic heterocycles. The summed E-state index contributed by atoms with van der Waals surface area (Å²) in [4.78, 5) is 12.5. The molecule has 0 amide bonds. The maximum atomic E-state index is 10.8. The molecule has 1 aromatic rings. The van der Waals surface area contributed by atoms with E-state index in [4.69, 9.17) is 23.1 Å². The van der Waals surface area contributed by atoms with Crippen LogP contribution in [-0.4, -0.2) is 27.6 Å². The van der Waals surface area contributed by atoms with E-state index in [1.165, 1.54) is 0 Å². The third-order valence-corrected chi connectivity index (χ3v) is 2.70. The second-order valence-electron chi connectivity index (χ2n) is 3.94. The molecule has 0 saturated heterocycles. The molecule has 17 heavy (non-hydrogen) atoms. The smallest absolute Gasteiger partial charge is 0.308 e. The molecule has 0 heterocycles. The van der Waals surface area contributed by atoms with Crippen LogP contribution in [0.4, 0.5) is 0 Å². The number of rotatable bonds is 5. The molecular formula is C12H16N2O2S. The predicted octanol–water partition coefficient (Wildman–Crippen LogP) is 1.45. The van der Waals surface area contributed by atoms with Gasteiger partial charge in [-0.25, -0.2) is 0 Å². The summed E-state index contributed by atoms with van der Waals surface area (Å²) in [5.74, 6) is -1.35. The van der Waals surface area contributed by atoms with Crippen LogP contribution in [0.3, 0.4) is 0 Å². The molecule has 0 bridgehead atoms. The number of nitrogens with two attached hydrogens (primary N) is 1. The Morgan fingerprint density at radius 1 is 1.47 bits per heavy atom. The van der Waals surface area contributed by atoms with Crippen molar-refractivity contribution in [2.75, 3.05) is 6.54 Å². The second-order valence-corrected chi connectivity index (χ2v) is 4.36. The van der Waals surface area contributed by atoms with Crippen molar-refractivity contribution in [1.82, 2.24) is 4.90 Å². The summed E-state index contributed by atoms with van der Waals surface area (Å²) >= 11 is 4.93. The van der Waals surface area contributed by atoms with E-state index >= 15 is 0 Å². The number of carboxylic acids is 1. The first-order valence-corrected chi connectivity index (χ1v) is 5.72. The number of nitrogens with zero attached hydrogens (tertiary/aromatic N) is 1. The standard InChI is InChI=1S/C12H16N2O2S/c1-9(11(15)16)7-14(12(13)17)8-10-5-3-2-4-6-10/h2-6,9H,7-8H2,1H3,(H2,13,17)(H,15,16). The Labute approximate surface area is 106 Å². The van der Waals surface area contributed by atoms with Crippen LogP contribution in [0.2, 0.25) is 0 Å². The average Bonchev–Trinajstić information content (AvgIpc) is 2.29. The second kappa shape index (κ2) is 6.20. The molecule has 4 nitrogen and oxygen atoms in total. The van der Waals surface area contributed by atoms with Gasteiger partial charge in [0.15, 0.2) is 5.11 Å². The topological polar surface area (TPSA) is 66.6 Å². The van der Waals surface area contributed by atoms with Gasteiger partial charge in [-0.2, -0.15) is 0 Å². The van der Waals surface area contributed by atoms with Crippen LogP contribution in [0.5, 0.6) is 0 Å². The molecule has 0 saturated carbocycles. The summed E-state index contributed by atoms with van der Waals surface area (Å²) in [7, 11) is 0. The number of thiocarbonyl (C=S) groups is 1. The van der Waals surface area contributed by atoms with Crippen molar-refractivity contribution in [3.63, 3.8) is 0 Å². The molecule has 0 spiro atoms. The highest BCUT2D eigenvalue weighted by molar-refractivity contribution is 7.80. The van der Waals surface area contributed by atoms with Crippen molar-refractivity contribution in [1.29, 1.82) is 0 Å². The van der Waals surface area contributed by atoms with E-state index in [2.05, 4.69) is 0 Å². The van der Waals surface area contributed by atoms with Gasteiger partial charge in [-0.15, -0.1) is 0 Å². The van der Waals surface area contributed by atoms with Crippen LogP contribution in [-0.2, 0) is 11.3 Å². The Balaban J connectivity index is 2.67. The predicted molar refractivity (Wildman–Crippen MR) is 70.4 cm³/mol. The molecule has 0 aromatic heterocycles. The van der Waals surface area contributed by atoms with Crippen LogP contribution in [0.1, 0.15) is 12.5 Å². The first-order valence-electron chi connectivity index (χ1n) is 5.32. The lowest BCUT2D eigenvalue weighted by Gasteiger charge is -2.24. The molecule has 1 rings (SSSR count).